The van der Waals surface area contributed by atoms with Crippen LogP contribution < -0.4 is 15.9 Å². The second-order valence-electron chi connectivity index (χ2n) is 6.53. The van der Waals surface area contributed by atoms with Crippen LogP contribution in [-0.2, 0) is 4.79 Å². The number of fused-ring (bicyclic) bond motifs is 1. The van der Waals surface area contributed by atoms with Crippen LogP contribution in [-0.4, -0.2) is 33.1 Å². The smallest absolute Gasteiger partial charge is 0.234 e. The van der Waals surface area contributed by atoms with Gasteiger partial charge in [0.25, 0.3) is 0 Å². The Bertz CT molecular complexity index is 1170. The first-order valence-corrected chi connectivity index (χ1v) is 10.5. The molecular weight excluding hydrogens is 398 g/mol. The van der Waals surface area contributed by atoms with Crippen LogP contribution >= 0.6 is 11.8 Å². The molecular formula is C22H21N5O2S. The van der Waals surface area contributed by atoms with Crippen LogP contribution in [0.1, 0.15) is 6.92 Å². The average Bonchev–Trinajstić information content (AvgIpc) is 3.13. The number of carbonyl (C=O) groups is 1. The number of hydrogen-bond acceptors (Lipinski definition) is 6. The number of anilines is 1. The highest BCUT2D eigenvalue weighted by Gasteiger charge is 2.14. The molecule has 0 aliphatic rings. The molecule has 0 bridgehead atoms. The van der Waals surface area contributed by atoms with E-state index in [2.05, 4.69) is 15.5 Å². The molecule has 0 unspecified atom stereocenters. The van der Waals surface area contributed by atoms with Crippen molar-refractivity contribution in [2.45, 2.75) is 12.1 Å². The summed E-state index contributed by atoms with van der Waals surface area (Å²) >= 11 is 1.23. The predicted octanol–water partition coefficient (Wildman–Crippen LogP) is 3.94. The van der Waals surface area contributed by atoms with Gasteiger partial charge in [-0.3, -0.25) is 4.79 Å². The third kappa shape index (κ3) is 4.38. The van der Waals surface area contributed by atoms with Crippen LogP contribution in [0.2, 0.25) is 0 Å². The number of ether oxygens (including phenoxy) is 1. The van der Waals surface area contributed by atoms with Gasteiger partial charge in [0.1, 0.15) is 5.75 Å². The summed E-state index contributed by atoms with van der Waals surface area (Å²) in [4.78, 5) is 12.4. The molecule has 0 spiro atoms. The Kier molecular flexibility index (Phi) is 5.85. The van der Waals surface area contributed by atoms with Crippen molar-refractivity contribution in [2.24, 2.45) is 0 Å². The molecule has 0 fully saturated rings. The quantitative estimate of drug-likeness (QED) is 0.348. The Hall–Kier alpha value is -3.52. The first kappa shape index (κ1) is 19.8. The fourth-order valence-electron chi connectivity index (χ4n) is 3.03. The standard InChI is InChI=1S/C22H21N5O2S/c1-2-29-19-11-8-16(9-12-19)21-25-26-22(27(21)23)30-14-20(28)24-18-10-7-15-5-3-4-6-17(15)13-18/h3-13H,2,14,23H2,1H3,(H,24,28). The van der Waals surface area contributed by atoms with Gasteiger partial charge in [-0.25, -0.2) is 4.68 Å². The molecule has 3 aromatic carbocycles. The Morgan fingerprint density at radius 1 is 1.07 bits per heavy atom. The summed E-state index contributed by atoms with van der Waals surface area (Å²) in [6.45, 7) is 2.54. The molecule has 3 N–H and O–H groups in total. The molecule has 1 aromatic heterocycles. The van der Waals surface area contributed by atoms with Crippen molar-refractivity contribution in [3.05, 3.63) is 66.7 Å². The van der Waals surface area contributed by atoms with Crippen molar-refractivity contribution in [2.75, 3.05) is 23.5 Å². The zero-order valence-corrected chi connectivity index (χ0v) is 17.2. The van der Waals surface area contributed by atoms with Gasteiger partial charge in [0.2, 0.25) is 11.1 Å². The third-order valence-corrected chi connectivity index (χ3v) is 5.40. The van der Waals surface area contributed by atoms with Crippen LogP contribution in [0.15, 0.2) is 71.9 Å². The molecule has 0 atom stereocenters. The van der Waals surface area contributed by atoms with Gasteiger partial charge < -0.3 is 15.9 Å². The molecule has 152 valence electrons. The molecule has 1 heterocycles. The van der Waals surface area contributed by atoms with Crippen molar-refractivity contribution in [1.82, 2.24) is 14.9 Å². The number of aromatic nitrogens is 3. The highest BCUT2D eigenvalue weighted by molar-refractivity contribution is 7.99. The van der Waals surface area contributed by atoms with Crippen molar-refractivity contribution < 1.29 is 9.53 Å². The van der Waals surface area contributed by atoms with E-state index in [-0.39, 0.29) is 11.7 Å². The molecule has 0 aliphatic heterocycles. The van der Waals surface area contributed by atoms with E-state index in [0.29, 0.717) is 17.6 Å². The maximum atomic E-state index is 12.4. The van der Waals surface area contributed by atoms with E-state index in [0.717, 1.165) is 27.8 Å². The van der Waals surface area contributed by atoms with Crippen LogP contribution in [0.5, 0.6) is 5.75 Å². The number of nitrogens with two attached hydrogens (primary N) is 1. The highest BCUT2D eigenvalue weighted by Crippen LogP contribution is 2.24. The number of carbonyl (C=O) groups excluding carboxylic acids is 1. The molecule has 4 aromatic rings. The molecule has 0 radical (unpaired) electrons. The van der Waals surface area contributed by atoms with E-state index in [9.17, 15) is 4.79 Å². The normalized spacial score (nSPS) is 10.8. The summed E-state index contributed by atoms with van der Waals surface area (Å²) in [5.74, 6) is 7.48. The molecule has 8 heteroatoms. The van der Waals surface area contributed by atoms with Gasteiger partial charge in [0.05, 0.1) is 12.4 Å². The van der Waals surface area contributed by atoms with E-state index >= 15 is 0 Å². The Morgan fingerprint density at radius 3 is 2.60 bits per heavy atom. The number of nitrogens with one attached hydrogen (secondary N) is 1. The number of thioether (sulfide) groups is 1. The van der Waals surface area contributed by atoms with Crippen molar-refractivity contribution in [3.8, 4) is 17.1 Å². The first-order valence-electron chi connectivity index (χ1n) is 9.49. The van der Waals surface area contributed by atoms with Crippen molar-refractivity contribution >= 4 is 34.1 Å². The van der Waals surface area contributed by atoms with Gasteiger partial charge in [-0.05, 0) is 54.1 Å². The summed E-state index contributed by atoms with van der Waals surface area (Å²) < 4.78 is 6.84. The lowest BCUT2D eigenvalue weighted by Crippen LogP contribution is -2.16. The third-order valence-electron chi connectivity index (χ3n) is 4.45. The SMILES string of the molecule is CCOc1ccc(-c2nnc(SCC(=O)Nc3ccc4ccccc4c3)n2N)cc1. The van der Waals surface area contributed by atoms with Crippen LogP contribution in [0, 0.1) is 0 Å². The molecule has 0 saturated heterocycles. The van der Waals surface area contributed by atoms with Gasteiger partial charge in [0, 0.05) is 11.3 Å². The Labute approximate surface area is 178 Å². The Balaban J connectivity index is 1.39. The monoisotopic (exact) mass is 419 g/mol. The number of rotatable bonds is 7. The lowest BCUT2D eigenvalue weighted by atomic mass is 10.1. The number of hydrogen-bond donors (Lipinski definition) is 2. The first-order chi connectivity index (χ1) is 14.6. The van der Waals surface area contributed by atoms with E-state index in [1.807, 2.05) is 73.7 Å². The van der Waals surface area contributed by atoms with E-state index in [4.69, 9.17) is 10.6 Å². The lowest BCUT2D eigenvalue weighted by molar-refractivity contribution is -0.113. The lowest BCUT2D eigenvalue weighted by Gasteiger charge is -2.07. The summed E-state index contributed by atoms with van der Waals surface area (Å²) in [5.41, 5.74) is 1.57. The fraction of sp³-hybridized carbons (Fsp3) is 0.136. The topological polar surface area (TPSA) is 95.1 Å². The van der Waals surface area contributed by atoms with Crippen molar-refractivity contribution in [1.29, 1.82) is 0 Å². The summed E-state index contributed by atoms with van der Waals surface area (Å²) in [5, 5.41) is 13.8. The zero-order chi connectivity index (χ0) is 20.9. The summed E-state index contributed by atoms with van der Waals surface area (Å²) in [6, 6.07) is 21.3. The fourth-order valence-corrected chi connectivity index (χ4v) is 3.69. The second kappa shape index (κ2) is 8.87. The van der Waals surface area contributed by atoms with Crippen LogP contribution in [0.3, 0.4) is 0 Å². The zero-order valence-electron chi connectivity index (χ0n) is 16.4. The molecule has 30 heavy (non-hydrogen) atoms. The summed E-state index contributed by atoms with van der Waals surface area (Å²) in [7, 11) is 0. The number of nitrogen functional groups attached to an aromatic ring is 1. The molecule has 1 amide bonds. The summed E-state index contributed by atoms with van der Waals surface area (Å²) in [6.07, 6.45) is 0. The maximum Gasteiger partial charge on any atom is 0.234 e. The number of amides is 1. The molecule has 0 aliphatic carbocycles. The number of benzene rings is 3. The molecule has 0 saturated carbocycles. The molecule has 4 rings (SSSR count). The van der Waals surface area contributed by atoms with Crippen molar-refractivity contribution in [3.63, 3.8) is 0 Å². The van der Waals surface area contributed by atoms with E-state index in [1.54, 1.807) is 0 Å². The minimum absolute atomic E-state index is 0.138. The molecule has 7 nitrogen and oxygen atoms in total. The largest absolute Gasteiger partial charge is 0.494 e. The van der Waals surface area contributed by atoms with Gasteiger partial charge in [-0.15, -0.1) is 10.2 Å². The van der Waals surface area contributed by atoms with Gasteiger partial charge in [0.15, 0.2) is 5.82 Å². The second-order valence-corrected chi connectivity index (χ2v) is 7.47. The van der Waals surface area contributed by atoms with Crippen LogP contribution in [0.25, 0.3) is 22.2 Å². The highest BCUT2D eigenvalue weighted by atomic mass is 32.2. The average molecular weight is 420 g/mol. The predicted molar refractivity (Wildman–Crippen MR) is 120 cm³/mol. The van der Waals surface area contributed by atoms with Gasteiger partial charge >= 0.3 is 0 Å². The van der Waals surface area contributed by atoms with E-state index in [1.165, 1.54) is 16.4 Å². The number of nitrogens with zero attached hydrogens (tertiary/aromatic N) is 3. The van der Waals surface area contributed by atoms with E-state index < -0.39 is 0 Å². The van der Waals surface area contributed by atoms with Gasteiger partial charge in [-0.2, -0.15) is 0 Å². The minimum atomic E-state index is -0.138. The minimum Gasteiger partial charge on any atom is -0.494 e. The van der Waals surface area contributed by atoms with Crippen LogP contribution in [0.4, 0.5) is 5.69 Å². The Morgan fingerprint density at radius 2 is 1.83 bits per heavy atom. The van der Waals surface area contributed by atoms with Gasteiger partial charge in [-0.1, -0.05) is 42.1 Å². The maximum absolute atomic E-state index is 12.4.